The van der Waals surface area contributed by atoms with E-state index in [0.717, 1.165) is 24.5 Å². The number of halogens is 1. The highest BCUT2D eigenvalue weighted by Crippen LogP contribution is 2.18. The van der Waals surface area contributed by atoms with Crippen LogP contribution in [0.2, 0.25) is 0 Å². The largest absolute Gasteiger partial charge is 0.492 e. The van der Waals surface area contributed by atoms with Crippen molar-refractivity contribution < 1.29 is 4.74 Å². The summed E-state index contributed by atoms with van der Waals surface area (Å²) in [5.74, 6) is 1.32. The van der Waals surface area contributed by atoms with Gasteiger partial charge < -0.3 is 4.74 Å². The SMILES string of the molecule is ClCc1cnccc1OCCN1CCCCC1. The van der Waals surface area contributed by atoms with E-state index in [1.807, 2.05) is 6.07 Å². The first-order valence-electron chi connectivity index (χ1n) is 6.24. The molecule has 4 heteroatoms. The molecular weight excluding hydrogens is 236 g/mol. The number of piperidine rings is 1. The Bertz CT molecular complexity index is 340. The quantitative estimate of drug-likeness (QED) is 0.756. The summed E-state index contributed by atoms with van der Waals surface area (Å²) in [6, 6.07) is 1.88. The van der Waals surface area contributed by atoms with Crippen LogP contribution >= 0.6 is 11.6 Å². The molecule has 2 heterocycles. The van der Waals surface area contributed by atoms with Gasteiger partial charge in [0, 0.05) is 24.5 Å². The van der Waals surface area contributed by atoms with Crippen molar-refractivity contribution in [1.29, 1.82) is 0 Å². The van der Waals surface area contributed by atoms with E-state index in [4.69, 9.17) is 16.3 Å². The molecule has 0 atom stereocenters. The van der Waals surface area contributed by atoms with E-state index in [0.29, 0.717) is 5.88 Å². The smallest absolute Gasteiger partial charge is 0.126 e. The number of hydrogen-bond donors (Lipinski definition) is 0. The van der Waals surface area contributed by atoms with Gasteiger partial charge in [-0.05, 0) is 32.0 Å². The standard InChI is InChI=1S/C13H19ClN2O/c14-10-12-11-15-5-4-13(12)17-9-8-16-6-2-1-3-7-16/h4-5,11H,1-3,6-10H2. The molecule has 1 aliphatic heterocycles. The second-order valence-corrected chi connectivity index (χ2v) is 4.64. The summed E-state index contributed by atoms with van der Waals surface area (Å²) in [5, 5.41) is 0. The Labute approximate surface area is 108 Å². The third-order valence-electron chi connectivity index (χ3n) is 3.12. The molecule has 1 fully saturated rings. The lowest BCUT2D eigenvalue weighted by Crippen LogP contribution is -2.33. The maximum atomic E-state index is 5.83. The molecule has 94 valence electrons. The van der Waals surface area contributed by atoms with Crippen LogP contribution in [-0.2, 0) is 5.88 Å². The zero-order chi connectivity index (χ0) is 11.9. The van der Waals surface area contributed by atoms with Crippen molar-refractivity contribution in [2.45, 2.75) is 25.1 Å². The molecule has 0 saturated carbocycles. The van der Waals surface area contributed by atoms with Crippen molar-refractivity contribution >= 4 is 11.6 Å². The molecular formula is C13H19ClN2O. The lowest BCUT2D eigenvalue weighted by molar-refractivity contribution is 0.183. The predicted octanol–water partition coefficient (Wildman–Crippen LogP) is 2.69. The van der Waals surface area contributed by atoms with Gasteiger partial charge in [0.2, 0.25) is 0 Å². The summed E-state index contributed by atoms with van der Waals surface area (Å²) >= 11 is 5.83. The van der Waals surface area contributed by atoms with Crippen LogP contribution in [0.25, 0.3) is 0 Å². The molecule has 0 bridgehead atoms. The van der Waals surface area contributed by atoms with E-state index in [-0.39, 0.29) is 0 Å². The minimum Gasteiger partial charge on any atom is -0.492 e. The Kier molecular flexibility index (Phi) is 5.08. The first-order valence-corrected chi connectivity index (χ1v) is 6.77. The van der Waals surface area contributed by atoms with Gasteiger partial charge in [-0.15, -0.1) is 11.6 Å². The van der Waals surface area contributed by atoms with E-state index in [1.54, 1.807) is 12.4 Å². The van der Waals surface area contributed by atoms with Gasteiger partial charge >= 0.3 is 0 Å². The average Bonchev–Trinajstić information content (AvgIpc) is 2.40. The second-order valence-electron chi connectivity index (χ2n) is 4.37. The predicted molar refractivity (Wildman–Crippen MR) is 69.6 cm³/mol. The number of ether oxygens (including phenoxy) is 1. The lowest BCUT2D eigenvalue weighted by atomic mass is 10.1. The fraction of sp³-hybridized carbons (Fsp3) is 0.615. The summed E-state index contributed by atoms with van der Waals surface area (Å²) < 4.78 is 5.76. The van der Waals surface area contributed by atoms with Crippen LogP contribution in [0, 0.1) is 0 Å². The van der Waals surface area contributed by atoms with Crippen molar-refractivity contribution in [3.05, 3.63) is 24.0 Å². The molecule has 1 aromatic rings. The van der Waals surface area contributed by atoms with E-state index in [9.17, 15) is 0 Å². The second kappa shape index (κ2) is 6.82. The number of pyridine rings is 1. The molecule has 0 aliphatic carbocycles. The number of likely N-dealkylation sites (tertiary alicyclic amines) is 1. The minimum atomic E-state index is 0.451. The van der Waals surface area contributed by atoms with Crippen molar-refractivity contribution in [2.75, 3.05) is 26.2 Å². The van der Waals surface area contributed by atoms with Crippen molar-refractivity contribution in [3.63, 3.8) is 0 Å². The molecule has 0 N–H and O–H groups in total. The maximum absolute atomic E-state index is 5.83. The summed E-state index contributed by atoms with van der Waals surface area (Å²) in [6.45, 7) is 4.15. The molecule has 1 aliphatic rings. The van der Waals surface area contributed by atoms with Gasteiger partial charge in [-0.25, -0.2) is 0 Å². The van der Waals surface area contributed by atoms with Crippen LogP contribution < -0.4 is 4.74 Å². The zero-order valence-electron chi connectivity index (χ0n) is 10.1. The average molecular weight is 255 g/mol. The Hall–Kier alpha value is -0.800. The topological polar surface area (TPSA) is 25.4 Å². The van der Waals surface area contributed by atoms with Crippen molar-refractivity contribution in [2.24, 2.45) is 0 Å². The van der Waals surface area contributed by atoms with Crippen LogP contribution in [0.4, 0.5) is 0 Å². The van der Waals surface area contributed by atoms with Gasteiger partial charge in [-0.3, -0.25) is 9.88 Å². The Morgan fingerprint density at radius 3 is 2.88 bits per heavy atom. The highest BCUT2D eigenvalue weighted by atomic mass is 35.5. The fourth-order valence-corrected chi connectivity index (χ4v) is 2.32. The molecule has 0 spiro atoms. The monoisotopic (exact) mass is 254 g/mol. The van der Waals surface area contributed by atoms with Crippen molar-refractivity contribution in [3.8, 4) is 5.75 Å². The summed E-state index contributed by atoms with van der Waals surface area (Å²) in [7, 11) is 0. The number of alkyl halides is 1. The number of aromatic nitrogens is 1. The Morgan fingerprint density at radius 1 is 1.29 bits per heavy atom. The normalized spacial score (nSPS) is 17.0. The minimum absolute atomic E-state index is 0.451. The molecule has 17 heavy (non-hydrogen) atoms. The number of hydrogen-bond acceptors (Lipinski definition) is 3. The Morgan fingerprint density at radius 2 is 2.12 bits per heavy atom. The molecule has 0 aromatic carbocycles. The number of nitrogens with zero attached hydrogens (tertiary/aromatic N) is 2. The van der Waals surface area contributed by atoms with Crippen LogP contribution in [0.5, 0.6) is 5.75 Å². The van der Waals surface area contributed by atoms with Gasteiger partial charge in [-0.1, -0.05) is 6.42 Å². The molecule has 0 unspecified atom stereocenters. The molecule has 1 aromatic heterocycles. The third-order valence-corrected chi connectivity index (χ3v) is 3.40. The maximum Gasteiger partial charge on any atom is 0.126 e. The highest BCUT2D eigenvalue weighted by Gasteiger charge is 2.10. The van der Waals surface area contributed by atoms with Crippen molar-refractivity contribution in [1.82, 2.24) is 9.88 Å². The fourth-order valence-electron chi connectivity index (χ4n) is 2.12. The first kappa shape index (κ1) is 12.7. The highest BCUT2D eigenvalue weighted by molar-refractivity contribution is 6.17. The lowest BCUT2D eigenvalue weighted by Gasteiger charge is -2.26. The van der Waals surface area contributed by atoms with Crippen LogP contribution in [0.1, 0.15) is 24.8 Å². The molecule has 2 rings (SSSR count). The van der Waals surface area contributed by atoms with E-state index in [1.165, 1.54) is 32.4 Å². The van der Waals surface area contributed by atoms with Gasteiger partial charge in [0.1, 0.15) is 12.4 Å². The van der Waals surface area contributed by atoms with E-state index < -0.39 is 0 Å². The summed E-state index contributed by atoms with van der Waals surface area (Å²) in [4.78, 5) is 6.50. The Balaban J connectivity index is 1.77. The number of rotatable bonds is 5. The van der Waals surface area contributed by atoms with Gasteiger partial charge in [0.25, 0.3) is 0 Å². The first-order chi connectivity index (χ1) is 8.40. The zero-order valence-corrected chi connectivity index (χ0v) is 10.8. The van der Waals surface area contributed by atoms with Gasteiger partial charge in [-0.2, -0.15) is 0 Å². The summed E-state index contributed by atoms with van der Waals surface area (Å²) in [5.41, 5.74) is 0.966. The molecule has 0 radical (unpaired) electrons. The van der Waals surface area contributed by atoms with Crippen LogP contribution in [0.15, 0.2) is 18.5 Å². The third kappa shape index (κ3) is 3.86. The van der Waals surface area contributed by atoms with Crippen LogP contribution in [0.3, 0.4) is 0 Å². The molecule has 1 saturated heterocycles. The molecule has 3 nitrogen and oxygen atoms in total. The van der Waals surface area contributed by atoms with Crippen LogP contribution in [-0.4, -0.2) is 36.1 Å². The molecule has 0 amide bonds. The van der Waals surface area contributed by atoms with E-state index >= 15 is 0 Å². The summed E-state index contributed by atoms with van der Waals surface area (Å²) in [6.07, 6.45) is 7.53. The van der Waals surface area contributed by atoms with E-state index in [2.05, 4.69) is 9.88 Å². The van der Waals surface area contributed by atoms with Gasteiger partial charge in [0.05, 0.1) is 5.88 Å². The van der Waals surface area contributed by atoms with Gasteiger partial charge in [0.15, 0.2) is 0 Å².